The first-order valence-corrected chi connectivity index (χ1v) is 8.37. The molecule has 124 valence electrons. The van der Waals surface area contributed by atoms with Gasteiger partial charge in [-0.1, -0.05) is 11.6 Å². The maximum Gasteiger partial charge on any atom is 0.266 e. The second kappa shape index (κ2) is 6.74. The molecule has 0 radical (unpaired) electrons. The zero-order chi connectivity index (χ0) is 16.4. The molecule has 0 aromatic carbocycles. The van der Waals surface area contributed by atoms with Crippen molar-refractivity contribution in [3.63, 3.8) is 0 Å². The molecular formula is C16H20ClN3O3. The van der Waals surface area contributed by atoms with Gasteiger partial charge in [-0.05, 0) is 37.7 Å². The van der Waals surface area contributed by atoms with Crippen molar-refractivity contribution in [1.82, 2.24) is 15.2 Å². The maximum absolute atomic E-state index is 12.1. The monoisotopic (exact) mass is 337 g/mol. The Kier molecular flexibility index (Phi) is 4.71. The minimum absolute atomic E-state index is 0.00322. The fourth-order valence-corrected chi connectivity index (χ4v) is 3.12. The molecule has 7 heteroatoms. The van der Waals surface area contributed by atoms with Crippen molar-refractivity contribution in [2.75, 3.05) is 19.6 Å². The number of nitrogens with one attached hydrogen (secondary N) is 2. The van der Waals surface area contributed by atoms with Crippen LogP contribution in [0, 0.1) is 11.8 Å². The van der Waals surface area contributed by atoms with E-state index in [4.69, 9.17) is 11.6 Å². The first-order chi connectivity index (χ1) is 11.0. The Balaban J connectivity index is 1.52. The minimum Gasteiger partial charge on any atom is -0.352 e. The summed E-state index contributed by atoms with van der Waals surface area (Å²) in [7, 11) is 0. The molecule has 1 atom stereocenters. The SMILES string of the molecule is O=C(NCC1CCCN(C(=O)C2CC2)C1)c1c[nH]c(=O)c(Cl)c1. The van der Waals surface area contributed by atoms with E-state index < -0.39 is 5.56 Å². The van der Waals surface area contributed by atoms with Crippen LogP contribution in [0.5, 0.6) is 0 Å². The quantitative estimate of drug-likeness (QED) is 0.871. The van der Waals surface area contributed by atoms with Gasteiger partial charge in [0.2, 0.25) is 5.91 Å². The van der Waals surface area contributed by atoms with E-state index in [-0.39, 0.29) is 28.7 Å². The number of carbonyl (C=O) groups excluding carboxylic acids is 2. The second-order valence-electron chi connectivity index (χ2n) is 6.34. The zero-order valence-corrected chi connectivity index (χ0v) is 13.6. The summed E-state index contributed by atoms with van der Waals surface area (Å²) in [6, 6.07) is 1.36. The third-order valence-corrected chi connectivity index (χ3v) is 4.71. The van der Waals surface area contributed by atoms with Gasteiger partial charge in [-0.15, -0.1) is 0 Å². The molecule has 23 heavy (non-hydrogen) atoms. The lowest BCUT2D eigenvalue weighted by Gasteiger charge is -2.33. The molecule has 1 aliphatic heterocycles. The van der Waals surface area contributed by atoms with Crippen LogP contribution in [-0.4, -0.2) is 41.3 Å². The third kappa shape index (κ3) is 3.93. The third-order valence-electron chi connectivity index (χ3n) is 4.43. The molecule has 0 bridgehead atoms. The Morgan fingerprint density at radius 2 is 2.13 bits per heavy atom. The Labute approximate surface area is 139 Å². The van der Waals surface area contributed by atoms with Gasteiger partial charge in [-0.2, -0.15) is 0 Å². The van der Waals surface area contributed by atoms with Crippen molar-refractivity contribution >= 4 is 23.4 Å². The number of hydrogen-bond donors (Lipinski definition) is 2. The highest BCUT2D eigenvalue weighted by Gasteiger charge is 2.35. The molecule has 3 rings (SSSR count). The Hall–Kier alpha value is -1.82. The first-order valence-electron chi connectivity index (χ1n) is 8.00. The highest BCUT2D eigenvalue weighted by atomic mass is 35.5. The predicted octanol–water partition coefficient (Wildman–Crippen LogP) is 1.41. The number of halogens is 1. The highest BCUT2D eigenvalue weighted by molar-refractivity contribution is 6.30. The minimum atomic E-state index is -0.412. The van der Waals surface area contributed by atoms with Crippen molar-refractivity contribution < 1.29 is 9.59 Å². The van der Waals surface area contributed by atoms with Crippen LogP contribution in [0.25, 0.3) is 0 Å². The lowest BCUT2D eigenvalue weighted by atomic mass is 9.97. The Bertz CT molecular complexity index is 669. The molecule has 2 amide bonds. The van der Waals surface area contributed by atoms with Crippen molar-refractivity contribution in [2.24, 2.45) is 11.8 Å². The van der Waals surface area contributed by atoms with Gasteiger partial charge in [-0.25, -0.2) is 0 Å². The van der Waals surface area contributed by atoms with Crippen LogP contribution in [0.15, 0.2) is 17.1 Å². The number of H-pyrrole nitrogens is 1. The number of likely N-dealkylation sites (tertiary alicyclic amines) is 1. The number of hydrogen-bond acceptors (Lipinski definition) is 3. The summed E-state index contributed by atoms with van der Waals surface area (Å²) in [5.41, 5.74) is -0.0824. The molecular weight excluding hydrogens is 318 g/mol. The van der Waals surface area contributed by atoms with Crippen LogP contribution in [0.2, 0.25) is 5.02 Å². The van der Waals surface area contributed by atoms with E-state index in [1.54, 1.807) is 0 Å². The van der Waals surface area contributed by atoms with Gasteiger partial charge in [-0.3, -0.25) is 14.4 Å². The lowest BCUT2D eigenvalue weighted by molar-refractivity contribution is -0.134. The van der Waals surface area contributed by atoms with E-state index in [0.717, 1.165) is 32.2 Å². The molecule has 1 saturated carbocycles. The second-order valence-corrected chi connectivity index (χ2v) is 6.75. The molecule has 2 N–H and O–H groups in total. The van der Waals surface area contributed by atoms with Gasteiger partial charge < -0.3 is 15.2 Å². The topological polar surface area (TPSA) is 82.3 Å². The van der Waals surface area contributed by atoms with E-state index in [1.165, 1.54) is 12.3 Å². The van der Waals surface area contributed by atoms with Gasteiger partial charge in [0.05, 0.1) is 5.56 Å². The smallest absolute Gasteiger partial charge is 0.266 e. The predicted molar refractivity (Wildman–Crippen MR) is 86.4 cm³/mol. The number of nitrogens with zero attached hydrogens (tertiary/aromatic N) is 1. The number of amides is 2. The van der Waals surface area contributed by atoms with Gasteiger partial charge in [0.25, 0.3) is 11.5 Å². The summed E-state index contributed by atoms with van der Waals surface area (Å²) in [5, 5.41) is 2.86. The number of aromatic nitrogens is 1. The fourth-order valence-electron chi connectivity index (χ4n) is 2.95. The molecule has 2 heterocycles. The van der Waals surface area contributed by atoms with Gasteiger partial charge >= 0.3 is 0 Å². The van der Waals surface area contributed by atoms with Crippen molar-refractivity contribution in [2.45, 2.75) is 25.7 Å². The summed E-state index contributed by atoms with van der Waals surface area (Å²) in [6.45, 7) is 2.06. The molecule has 2 aliphatic rings. The van der Waals surface area contributed by atoms with E-state index >= 15 is 0 Å². The largest absolute Gasteiger partial charge is 0.352 e. The highest BCUT2D eigenvalue weighted by Crippen LogP contribution is 2.32. The normalized spacial score (nSPS) is 21.1. The van der Waals surface area contributed by atoms with Gasteiger partial charge in [0.1, 0.15) is 5.02 Å². The summed E-state index contributed by atoms with van der Waals surface area (Å²) < 4.78 is 0. The van der Waals surface area contributed by atoms with Crippen LogP contribution in [0.3, 0.4) is 0 Å². The Morgan fingerprint density at radius 1 is 1.35 bits per heavy atom. The lowest BCUT2D eigenvalue weighted by Crippen LogP contribution is -2.44. The van der Waals surface area contributed by atoms with Gasteiger partial charge in [0.15, 0.2) is 0 Å². The van der Waals surface area contributed by atoms with Crippen LogP contribution in [0.4, 0.5) is 0 Å². The summed E-state index contributed by atoms with van der Waals surface area (Å²) in [5.74, 6) is 0.516. The standard InChI is InChI=1S/C16H20ClN3O3/c17-13-6-12(8-19-15(13)22)14(21)18-7-10-2-1-5-20(9-10)16(23)11-3-4-11/h6,8,10-11H,1-5,7,9H2,(H,18,21)(H,19,22). The Morgan fingerprint density at radius 3 is 2.83 bits per heavy atom. The summed E-state index contributed by atoms with van der Waals surface area (Å²) >= 11 is 5.73. The summed E-state index contributed by atoms with van der Waals surface area (Å²) in [6.07, 6.45) is 5.37. The molecule has 1 aromatic rings. The zero-order valence-electron chi connectivity index (χ0n) is 12.8. The number of carbonyl (C=O) groups is 2. The van der Waals surface area contributed by atoms with Crippen LogP contribution in [0.1, 0.15) is 36.0 Å². The molecule has 2 fully saturated rings. The van der Waals surface area contributed by atoms with Crippen molar-refractivity contribution in [3.05, 3.63) is 33.2 Å². The van der Waals surface area contributed by atoms with E-state index in [9.17, 15) is 14.4 Å². The molecule has 1 unspecified atom stereocenters. The molecule has 1 aromatic heterocycles. The molecule has 1 aliphatic carbocycles. The summed E-state index contributed by atoms with van der Waals surface area (Å²) in [4.78, 5) is 39.8. The van der Waals surface area contributed by atoms with E-state index in [0.29, 0.717) is 18.7 Å². The van der Waals surface area contributed by atoms with E-state index in [2.05, 4.69) is 10.3 Å². The average molecular weight is 338 g/mol. The number of aromatic amines is 1. The van der Waals surface area contributed by atoms with Crippen LogP contribution in [-0.2, 0) is 4.79 Å². The van der Waals surface area contributed by atoms with Crippen LogP contribution < -0.4 is 10.9 Å². The van der Waals surface area contributed by atoms with Crippen molar-refractivity contribution in [1.29, 1.82) is 0 Å². The molecule has 0 spiro atoms. The number of pyridine rings is 1. The van der Waals surface area contributed by atoms with Gasteiger partial charge in [0, 0.05) is 31.7 Å². The average Bonchev–Trinajstić information content (AvgIpc) is 3.39. The van der Waals surface area contributed by atoms with E-state index in [1.807, 2.05) is 4.90 Å². The number of piperidine rings is 1. The van der Waals surface area contributed by atoms with Crippen molar-refractivity contribution in [3.8, 4) is 0 Å². The first kappa shape index (κ1) is 16.1. The number of rotatable bonds is 4. The fraction of sp³-hybridized carbons (Fsp3) is 0.562. The molecule has 6 nitrogen and oxygen atoms in total. The molecule has 1 saturated heterocycles. The van der Waals surface area contributed by atoms with Crippen LogP contribution >= 0.6 is 11.6 Å². The maximum atomic E-state index is 12.1.